The average Bonchev–Trinajstić information content (AvgIpc) is 2.84. The second kappa shape index (κ2) is 4.88. The number of pyridine rings is 1. The molecule has 1 aliphatic heterocycles. The maximum absolute atomic E-state index is 10.5. The van der Waals surface area contributed by atoms with E-state index in [2.05, 4.69) is 15.3 Å². The molecular formula is C13H16ClN3O. The minimum absolute atomic E-state index is 0.106. The minimum atomic E-state index is -0.541. The third-order valence-electron chi connectivity index (χ3n) is 3.60. The third-order valence-corrected chi connectivity index (χ3v) is 3.92. The maximum Gasteiger partial charge on any atom is 0.139 e. The van der Waals surface area contributed by atoms with Gasteiger partial charge in [-0.25, -0.2) is 4.98 Å². The molecule has 2 atom stereocenters. The highest BCUT2D eigenvalue weighted by atomic mass is 35.5. The Morgan fingerprint density at radius 1 is 1.44 bits per heavy atom. The summed E-state index contributed by atoms with van der Waals surface area (Å²) in [5.41, 5.74) is 1.56. The van der Waals surface area contributed by atoms with Crippen LogP contribution >= 0.6 is 11.6 Å². The molecule has 5 heteroatoms. The molecule has 0 aliphatic carbocycles. The summed E-state index contributed by atoms with van der Waals surface area (Å²) in [4.78, 5) is 7.28. The Balaban J connectivity index is 1.98. The van der Waals surface area contributed by atoms with Crippen LogP contribution in [0.25, 0.3) is 11.0 Å². The molecule has 3 heterocycles. The Bertz CT molecular complexity index is 548. The van der Waals surface area contributed by atoms with E-state index in [0.717, 1.165) is 36.0 Å². The van der Waals surface area contributed by atoms with E-state index >= 15 is 0 Å². The summed E-state index contributed by atoms with van der Waals surface area (Å²) in [5.74, 6) is 0. The first-order valence-electron chi connectivity index (χ1n) is 6.30. The molecule has 2 unspecified atom stereocenters. The van der Waals surface area contributed by atoms with Gasteiger partial charge >= 0.3 is 0 Å². The van der Waals surface area contributed by atoms with Gasteiger partial charge in [-0.3, -0.25) is 0 Å². The molecule has 0 radical (unpaired) electrons. The average molecular weight is 266 g/mol. The van der Waals surface area contributed by atoms with Gasteiger partial charge in [-0.15, -0.1) is 0 Å². The van der Waals surface area contributed by atoms with Gasteiger partial charge in [0.05, 0.1) is 11.1 Å². The van der Waals surface area contributed by atoms with Crippen molar-refractivity contribution in [3.63, 3.8) is 0 Å². The summed E-state index contributed by atoms with van der Waals surface area (Å²) >= 11 is 6.20. The van der Waals surface area contributed by atoms with E-state index < -0.39 is 6.10 Å². The van der Waals surface area contributed by atoms with E-state index in [4.69, 9.17) is 11.6 Å². The Kier molecular flexibility index (Phi) is 3.24. The highest BCUT2D eigenvalue weighted by Crippen LogP contribution is 2.32. The highest BCUT2D eigenvalue weighted by Gasteiger charge is 2.25. The smallest absolute Gasteiger partial charge is 0.139 e. The van der Waals surface area contributed by atoms with Gasteiger partial charge < -0.3 is 15.4 Å². The lowest BCUT2D eigenvalue weighted by Crippen LogP contribution is -2.38. The highest BCUT2D eigenvalue weighted by molar-refractivity contribution is 6.35. The van der Waals surface area contributed by atoms with Crippen LogP contribution in [0.4, 0.5) is 0 Å². The number of hydrogen-bond donors (Lipinski definition) is 3. The van der Waals surface area contributed by atoms with Gasteiger partial charge in [0, 0.05) is 29.4 Å². The lowest BCUT2D eigenvalue weighted by molar-refractivity contribution is 0.115. The third kappa shape index (κ3) is 2.00. The minimum Gasteiger partial charge on any atom is -0.387 e. The van der Waals surface area contributed by atoms with E-state index in [-0.39, 0.29) is 6.04 Å². The number of aliphatic hydroxyl groups is 1. The van der Waals surface area contributed by atoms with Crippen LogP contribution in [0.3, 0.4) is 0 Å². The summed E-state index contributed by atoms with van der Waals surface area (Å²) < 4.78 is 0. The van der Waals surface area contributed by atoms with Gasteiger partial charge in [0.25, 0.3) is 0 Å². The van der Waals surface area contributed by atoms with Crippen LogP contribution in [0, 0.1) is 0 Å². The number of aromatic amines is 1. The molecule has 4 nitrogen and oxygen atoms in total. The Labute approximate surface area is 110 Å². The van der Waals surface area contributed by atoms with E-state index in [0.29, 0.717) is 5.02 Å². The van der Waals surface area contributed by atoms with Crippen LogP contribution in [-0.2, 0) is 0 Å². The van der Waals surface area contributed by atoms with Gasteiger partial charge in [-0.05, 0) is 25.5 Å². The summed E-state index contributed by atoms with van der Waals surface area (Å²) in [5, 5.41) is 15.3. The van der Waals surface area contributed by atoms with Gasteiger partial charge in [-0.2, -0.15) is 0 Å². The molecule has 2 aromatic heterocycles. The Morgan fingerprint density at radius 3 is 3.11 bits per heavy atom. The number of nitrogens with one attached hydrogen (secondary N) is 2. The molecule has 96 valence electrons. The summed E-state index contributed by atoms with van der Waals surface area (Å²) in [6, 6.07) is 1.86. The van der Waals surface area contributed by atoms with Crippen molar-refractivity contribution in [3.05, 3.63) is 29.0 Å². The van der Waals surface area contributed by atoms with Crippen LogP contribution in [-0.4, -0.2) is 27.7 Å². The standard InChI is InChI=1S/C13H16ClN3O/c14-9-4-6-16-13-11(9)8(7-17-13)12(18)10-3-1-2-5-15-10/h4,6-7,10,12,15,18H,1-3,5H2,(H,16,17). The second-order valence-electron chi connectivity index (χ2n) is 4.76. The molecular weight excluding hydrogens is 250 g/mol. The summed E-state index contributed by atoms with van der Waals surface area (Å²) in [6.07, 6.45) is 6.26. The number of fused-ring (bicyclic) bond motifs is 1. The van der Waals surface area contributed by atoms with Crippen molar-refractivity contribution in [1.29, 1.82) is 0 Å². The van der Waals surface area contributed by atoms with Crippen molar-refractivity contribution in [2.24, 2.45) is 0 Å². The first-order valence-corrected chi connectivity index (χ1v) is 6.68. The predicted molar refractivity (Wildman–Crippen MR) is 71.7 cm³/mol. The molecule has 18 heavy (non-hydrogen) atoms. The number of rotatable bonds is 2. The largest absolute Gasteiger partial charge is 0.387 e. The van der Waals surface area contributed by atoms with E-state index in [1.54, 1.807) is 12.3 Å². The van der Waals surface area contributed by atoms with Crippen LogP contribution < -0.4 is 5.32 Å². The van der Waals surface area contributed by atoms with Crippen molar-refractivity contribution < 1.29 is 5.11 Å². The molecule has 1 aliphatic rings. The summed E-state index contributed by atoms with van der Waals surface area (Å²) in [7, 11) is 0. The zero-order chi connectivity index (χ0) is 12.5. The quantitative estimate of drug-likeness (QED) is 0.781. The molecule has 0 amide bonds. The zero-order valence-electron chi connectivity index (χ0n) is 9.99. The number of nitrogens with zero attached hydrogens (tertiary/aromatic N) is 1. The molecule has 3 N–H and O–H groups in total. The van der Waals surface area contributed by atoms with Gasteiger partial charge in [-0.1, -0.05) is 18.0 Å². The number of H-pyrrole nitrogens is 1. The molecule has 2 aromatic rings. The molecule has 1 fully saturated rings. The Hall–Kier alpha value is -1.10. The van der Waals surface area contributed by atoms with E-state index in [1.165, 1.54) is 6.42 Å². The fourth-order valence-corrected chi connectivity index (χ4v) is 2.89. The maximum atomic E-state index is 10.5. The number of hydrogen-bond acceptors (Lipinski definition) is 3. The van der Waals surface area contributed by atoms with Crippen molar-refractivity contribution in [3.8, 4) is 0 Å². The molecule has 1 saturated heterocycles. The molecule has 0 bridgehead atoms. The molecule has 0 saturated carbocycles. The van der Waals surface area contributed by atoms with Crippen LogP contribution in [0.5, 0.6) is 0 Å². The predicted octanol–water partition coefficient (Wildman–Crippen LogP) is 2.39. The monoisotopic (exact) mass is 265 g/mol. The van der Waals surface area contributed by atoms with Crippen molar-refractivity contribution in [2.45, 2.75) is 31.4 Å². The second-order valence-corrected chi connectivity index (χ2v) is 5.17. The molecule has 0 aromatic carbocycles. The molecule has 0 spiro atoms. The summed E-state index contributed by atoms with van der Waals surface area (Å²) in [6.45, 7) is 0.968. The van der Waals surface area contributed by atoms with E-state index in [9.17, 15) is 5.11 Å². The fourth-order valence-electron chi connectivity index (χ4n) is 2.64. The van der Waals surface area contributed by atoms with Crippen molar-refractivity contribution in [2.75, 3.05) is 6.54 Å². The van der Waals surface area contributed by atoms with Gasteiger partial charge in [0.15, 0.2) is 0 Å². The lowest BCUT2D eigenvalue weighted by Gasteiger charge is -2.27. The number of aromatic nitrogens is 2. The zero-order valence-corrected chi connectivity index (χ0v) is 10.7. The number of halogens is 1. The Morgan fingerprint density at radius 2 is 2.33 bits per heavy atom. The van der Waals surface area contributed by atoms with Crippen molar-refractivity contribution >= 4 is 22.6 Å². The lowest BCUT2D eigenvalue weighted by atomic mass is 9.95. The van der Waals surface area contributed by atoms with E-state index in [1.807, 2.05) is 6.20 Å². The van der Waals surface area contributed by atoms with Gasteiger partial charge in [0.1, 0.15) is 5.65 Å². The first kappa shape index (κ1) is 12.0. The molecule has 3 rings (SSSR count). The SMILES string of the molecule is OC(c1c[nH]c2nccc(Cl)c12)C1CCCCN1. The topological polar surface area (TPSA) is 60.9 Å². The van der Waals surface area contributed by atoms with Crippen LogP contribution in [0.1, 0.15) is 30.9 Å². The normalized spacial score (nSPS) is 22.2. The van der Waals surface area contributed by atoms with Crippen LogP contribution in [0.15, 0.2) is 18.5 Å². The fraction of sp³-hybridized carbons (Fsp3) is 0.462. The van der Waals surface area contributed by atoms with Crippen molar-refractivity contribution in [1.82, 2.24) is 15.3 Å². The van der Waals surface area contributed by atoms with Crippen LogP contribution in [0.2, 0.25) is 5.02 Å². The number of aliphatic hydroxyl groups excluding tert-OH is 1. The van der Waals surface area contributed by atoms with Gasteiger partial charge in [0.2, 0.25) is 0 Å². The first-order chi connectivity index (χ1) is 8.77. The number of piperidine rings is 1.